The van der Waals surface area contributed by atoms with Gasteiger partial charge in [-0.15, -0.1) is 0 Å². The number of carbonyl (C=O) groups is 1. The van der Waals surface area contributed by atoms with Gasteiger partial charge in [0.2, 0.25) is 0 Å². The maximum absolute atomic E-state index is 12.8. The fourth-order valence-electron chi connectivity index (χ4n) is 3.42. The van der Waals surface area contributed by atoms with Crippen LogP contribution in [0.5, 0.6) is 0 Å². The van der Waals surface area contributed by atoms with Crippen LogP contribution in [-0.2, 0) is 0 Å². The third-order valence-electron chi connectivity index (χ3n) is 4.40. The fourth-order valence-corrected chi connectivity index (χ4v) is 3.42. The van der Waals surface area contributed by atoms with Crippen molar-refractivity contribution in [2.75, 3.05) is 0 Å². The quantitative estimate of drug-likeness (QED) is 0.388. The first-order chi connectivity index (χ1) is 10.8. The van der Waals surface area contributed by atoms with Crippen LogP contribution in [0.1, 0.15) is 15.9 Å². The van der Waals surface area contributed by atoms with Gasteiger partial charge in [-0.1, -0.05) is 60.7 Å². The van der Waals surface area contributed by atoms with Gasteiger partial charge in [-0.05, 0) is 11.5 Å². The van der Waals surface area contributed by atoms with Gasteiger partial charge in [0.1, 0.15) is 0 Å². The van der Waals surface area contributed by atoms with Crippen molar-refractivity contribution in [2.24, 2.45) is 0 Å². The normalized spacial score (nSPS) is 12.6. The third-order valence-corrected chi connectivity index (χ3v) is 4.40. The monoisotopic (exact) mass is 281 g/mol. The third kappa shape index (κ3) is 1.34. The minimum Gasteiger partial charge on any atom is -0.289 e. The van der Waals surface area contributed by atoms with Gasteiger partial charge in [-0.2, -0.15) is 0 Å². The standard InChI is InChI=1S/C20H11NO/c22-20-15-8-2-1-7-14(15)19-18-13(9-5-10-16(18)20)12-6-3-4-11-17(12)21-19/h1-11H. The zero-order chi connectivity index (χ0) is 14.7. The van der Waals surface area contributed by atoms with E-state index in [0.29, 0.717) is 0 Å². The van der Waals surface area contributed by atoms with Crippen LogP contribution in [-0.4, -0.2) is 10.8 Å². The molecular formula is C20H11NO. The van der Waals surface area contributed by atoms with Gasteiger partial charge in [0.15, 0.2) is 5.78 Å². The highest BCUT2D eigenvalue weighted by atomic mass is 16.1. The second-order valence-electron chi connectivity index (χ2n) is 5.58. The van der Waals surface area contributed by atoms with Crippen LogP contribution in [0.2, 0.25) is 0 Å². The van der Waals surface area contributed by atoms with Crippen molar-refractivity contribution in [1.29, 1.82) is 0 Å². The lowest BCUT2D eigenvalue weighted by Crippen LogP contribution is -2.10. The predicted molar refractivity (Wildman–Crippen MR) is 88.1 cm³/mol. The number of para-hydroxylation sites is 1. The number of nitrogens with zero attached hydrogens (tertiary/aromatic N) is 1. The van der Waals surface area contributed by atoms with Gasteiger partial charge in [-0.25, -0.2) is 4.98 Å². The molecule has 5 rings (SSSR count). The second kappa shape index (κ2) is 4.01. The van der Waals surface area contributed by atoms with Crippen LogP contribution >= 0.6 is 0 Å². The van der Waals surface area contributed by atoms with Crippen molar-refractivity contribution in [3.05, 3.63) is 77.9 Å². The number of pyridine rings is 1. The van der Waals surface area contributed by atoms with Crippen LogP contribution in [0.15, 0.2) is 66.7 Å². The summed E-state index contributed by atoms with van der Waals surface area (Å²) >= 11 is 0. The van der Waals surface area contributed by atoms with Crippen LogP contribution < -0.4 is 0 Å². The molecule has 0 fully saturated rings. The number of hydrogen-bond donors (Lipinski definition) is 0. The van der Waals surface area contributed by atoms with E-state index in [2.05, 4.69) is 12.1 Å². The van der Waals surface area contributed by atoms with E-state index in [9.17, 15) is 4.79 Å². The average molecular weight is 281 g/mol. The number of fused-ring (bicyclic) bond motifs is 4. The molecule has 0 radical (unpaired) electrons. The minimum absolute atomic E-state index is 0.0887. The molecule has 0 N–H and O–H groups in total. The summed E-state index contributed by atoms with van der Waals surface area (Å²) in [7, 11) is 0. The molecule has 0 saturated carbocycles. The molecule has 0 atom stereocenters. The number of aromatic nitrogens is 1. The Hall–Kier alpha value is -3.00. The van der Waals surface area contributed by atoms with Crippen LogP contribution in [0, 0.1) is 0 Å². The zero-order valence-electron chi connectivity index (χ0n) is 11.7. The summed E-state index contributed by atoms with van der Waals surface area (Å²) in [5.74, 6) is 0.0887. The van der Waals surface area contributed by atoms with E-state index in [-0.39, 0.29) is 5.78 Å². The topological polar surface area (TPSA) is 30.0 Å². The molecule has 4 aromatic rings. The molecule has 1 heterocycles. The lowest BCUT2D eigenvalue weighted by molar-refractivity contribution is 0.104. The molecule has 1 aliphatic rings. The highest BCUT2D eigenvalue weighted by Gasteiger charge is 2.26. The van der Waals surface area contributed by atoms with Gasteiger partial charge in [0.25, 0.3) is 0 Å². The van der Waals surface area contributed by atoms with Gasteiger partial charge in [-0.3, -0.25) is 4.79 Å². The summed E-state index contributed by atoms with van der Waals surface area (Å²) in [4.78, 5) is 17.7. The van der Waals surface area contributed by atoms with Gasteiger partial charge >= 0.3 is 0 Å². The molecule has 0 bridgehead atoms. The Morgan fingerprint density at radius 3 is 2.23 bits per heavy atom. The first kappa shape index (κ1) is 11.6. The summed E-state index contributed by atoms with van der Waals surface area (Å²) in [6, 6.07) is 21.8. The Kier molecular flexibility index (Phi) is 2.12. The number of benzene rings is 3. The summed E-state index contributed by atoms with van der Waals surface area (Å²) in [6.45, 7) is 0. The van der Waals surface area contributed by atoms with Crippen LogP contribution in [0.25, 0.3) is 32.9 Å². The Bertz CT molecular complexity index is 1100. The summed E-state index contributed by atoms with van der Waals surface area (Å²) in [5.41, 5.74) is 4.31. The van der Waals surface area contributed by atoms with Crippen molar-refractivity contribution in [3.8, 4) is 11.3 Å². The van der Waals surface area contributed by atoms with E-state index >= 15 is 0 Å². The maximum atomic E-state index is 12.8. The SMILES string of the molecule is O=C1c2ccccc2-c2nc3ccccc3c3cccc1c23. The first-order valence-electron chi connectivity index (χ1n) is 7.30. The average Bonchev–Trinajstić information content (AvgIpc) is 2.59. The fraction of sp³-hybridized carbons (Fsp3) is 0. The van der Waals surface area contributed by atoms with E-state index in [1.807, 2.05) is 54.6 Å². The molecule has 102 valence electrons. The highest BCUT2D eigenvalue weighted by molar-refractivity contribution is 6.28. The molecular weight excluding hydrogens is 270 g/mol. The molecule has 0 amide bonds. The maximum Gasteiger partial charge on any atom is 0.194 e. The van der Waals surface area contributed by atoms with E-state index in [1.165, 1.54) is 0 Å². The van der Waals surface area contributed by atoms with Crippen molar-refractivity contribution in [1.82, 2.24) is 4.98 Å². The lowest BCUT2D eigenvalue weighted by Gasteiger charge is -2.19. The van der Waals surface area contributed by atoms with E-state index in [4.69, 9.17) is 4.98 Å². The van der Waals surface area contributed by atoms with E-state index in [1.54, 1.807) is 0 Å². The highest BCUT2D eigenvalue weighted by Crippen LogP contribution is 2.40. The molecule has 0 unspecified atom stereocenters. The largest absolute Gasteiger partial charge is 0.289 e. The van der Waals surface area contributed by atoms with Gasteiger partial charge in [0.05, 0.1) is 11.2 Å². The van der Waals surface area contributed by atoms with Crippen molar-refractivity contribution >= 4 is 27.5 Å². The summed E-state index contributed by atoms with van der Waals surface area (Å²) in [5, 5.41) is 3.17. The Morgan fingerprint density at radius 1 is 0.636 bits per heavy atom. The van der Waals surface area contributed by atoms with Crippen LogP contribution in [0.4, 0.5) is 0 Å². The molecule has 2 nitrogen and oxygen atoms in total. The Morgan fingerprint density at radius 2 is 1.32 bits per heavy atom. The molecule has 0 saturated heterocycles. The lowest BCUT2D eigenvalue weighted by atomic mass is 9.85. The summed E-state index contributed by atoms with van der Waals surface area (Å²) < 4.78 is 0. The smallest absolute Gasteiger partial charge is 0.194 e. The van der Waals surface area contributed by atoms with Crippen molar-refractivity contribution in [2.45, 2.75) is 0 Å². The number of rotatable bonds is 0. The first-order valence-corrected chi connectivity index (χ1v) is 7.30. The molecule has 2 heteroatoms. The number of carbonyl (C=O) groups excluding carboxylic acids is 1. The van der Waals surface area contributed by atoms with Crippen molar-refractivity contribution < 1.29 is 4.79 Å². The van der Waals surface area contributed by atoms with Crippen LogP contribution in [0.3, 0.4) is 0 Å². The molecule has 0 spiro atoms. The molecule has 1 aromatic heterocycles. The Labute approximate surface area is 127 Å². The van der Waals surface area contributed by atoms with E-state index in [0.717, 1.165) is 44.1 Å². The van der Waals surface area contributed by atoms with Gasteiger partial charge < -0.3 is 0 Å². The number of ketones is 1. The second-order valence-corrected chi connectivity index (χ2v) is 5.58. The minimum atomic E-state index is 0.0887. The van der Waals surface area contributed by atoms with Crippen molar-refractivity contribution in [3.63, 3.8) is 0 Å². The summed E-state index contributed by atoms with van der Waals surface area (Å²) in [6.07, 6.45) is 0. The predicted octanol–water partition coefficient (Wildman–Crippen LogP) is 4.60. The van der Waals surface area contributed by atoms with Gasteiger partial charge in [0, 0.05) is 27.5 Å². The number of hydrogen-bond acceptors (Lipinski definition) is 2. The molecule has 3 aromatic carbocycles. The molecule has 22 heavy (non-hydrogen) atoms. The zero-order valence-corrected chi connectivity index (χ0v) is 11.7. The molecule has 1 aliphatic carbocycles. The Balaban J connectivity index is 2.11. The molecule has 0 aliphatic heterocycles. The van der Waals surface area contributed by atoms with E-state index < -0.39 is 0 Å².